The summed E-state index contributed by atoms with van der Waals surface area (Å²) >= 11 is 0. The SMILES string of the molecule is C[C@H]1CCCN(c2ccc(C(N)=O)cc2-n2cnnc2)C1. The van der Waals surface area contributed by atoms with Crippen LogP contribution in [0.3, 0.4) is 0 Å². The van der Waals surface area contributed by atoms with Gasteiger partial charge in [0.25, 0.3) is 0 Å². The van der Waals surface area contributed by atoms with Gasteiger partial charge in [0.1, 0.15) is 12.7 Å². The van der Waals surface area contributed by atoms with Crippen molar-refractivity contribution in [1.82, 2.24) is 14.8 Å². The molecule has 0 aliphatic carbocycles. The van der Waals surface area contributed by atoms with Crippen LogP contribution >= 0.6 is 0 Å². The van der Waals surface area contributed by atoms with Crippen molar-refractivity contribution < 1.29 is 4.79 Å². The molecule has 2 aromatic rings. The summed E-state index contributed by atoms with van der Waals surface area (Å²) in [5.74, 6) is 0.242. The fourth-order valence-corrected chi connectivity index (χ4v) is 2.88. The number of rotatable bonds is 3. The third-order valence-corrected chi connectivity index (χ3v) is 3.95. The first-order chi connectivity index (χ1) is 10.1. The molecule has 3 rings (SSSR count). The summed E-state index contributed by atoms with van der Waals surface area (Å²) in [4.78, 5) is 13.8. The Kier molecular flexibility index (Phi) is 3.60. The van der Waals surface area contributed by atoms with Crippen LogP contribution in [0.25, 0.3) is 5.69 Å². The fourth-order valence-electron chi connectivity index (χ4n) is 2.88. The van der Waals surface area contributed by atoms with E-state index in [9.17, 15) is 4.79 Å². The van der Waals surface area contributed by atoms with Gasteiger partial charge in [0.2, 0.25) is 5.91 Å². The summed E-state index contributed by atoms with van der Waals surface area (Å²) in [6.45, 7) is 4.31. The number of carbonyl (C=O) groups is 1. The van der Waals surface area contributed by atoms with Gasteiger partial charge in [-0.3, -0.25) is 9.36 Å². The monoisotopic (exact) mass is 285 g/mol. The lowest BCUT2D eigenvalue weighted by Gasteiger charge is -2.34. The summed E-state index contributed by atoms with van der Waals surface area (Å²) in [5, 5.41) is 7.71. The van der Waals surface area contributed by atoms with Crippen molar-refractivity contribution in [1.29, 1.82) is 0 Å². The summed E-state index contributed by atoms with van der Waals surface area (Å²) in [6, 6.07) is 5.55. The largest absolute Gasteiger partial charge is 0.370 e. The molecule has 1 amide bonds. The van der Waals surface area contributed by atoms with Crippen LogP contribution in [0.5, 0.6) is 0 Å². The zero-order valence-electron chi connectivity index (χ0n) is 12.1. The Labute approximate surface area is 123 Å². The minimum atomic E-state index is -0.428. The van der Waals surface area contributed by atoms with Crippen LogP contribution < -0.4 is 10.6 Å². The van der Waals surface area contributed by atoms with Crippen molar-refractivity contribution in [3.8, 4) is 5.69 Å². The number of anilines is 1. The highest BCUT2D eigenvalue weighted by atomic mass is 16.1. The van der Waals surface area contributed by atoms with Crippen LogP contribution in [-0.4, -0.2) is 33.8 Å². The number of carbonyl (C=O) groups excluding carboxylic acids is 1. The van der Waals surface area contributed by atoms with Crippen molar-refractivity contribution in [2.75, 3.05) is 18.0 Å². The Balaban J connectivity index is 2.04. The van der Waals surface area contributed by atoms with Crippen LogP contribution in [0, 0.1) is 5.92 Å². The quantitative estimate of drug-likeness (QED) is 0.929. The zero-order valence-corrected chi connectivity index (χ0v) is 12.1. The molecule has 1 atom stereocenters. The number of benzene rings is 1. The second-order valence-corrected chi connectivity index (χ2v) is 5.63. The van der Waals surface area contributed by atoms with Gasteiger partial charge < -0.3 is 10.6 Å². The van der Waals surface area contributed by atoms with E-state index in [1.807, 2.05) is 10.6 Å². The van der Waals surface area contributed by atoms with Gasteiger partial charge in [-0.1, -0.05) is 6.92 Å². The van der Waals surface area contributed by atoms with E-state index in [1.54, 1.807) is 24.8 Å². The predicted molar refractivity (Wildman–Crippen MR) is 80.5 cm³/mol. The molecule has 0 unspecified atom stereocenters. The van der Waals surface area contributed by atoms with E-state index < -0.39 is 5.91 Å². The Hall–Kier alpha value is -2.37. The molecule has 2 N–H and O–H groups in total. The topological polar surface area (TPSA) is 77.0 Å². The van der Waals surface area contributed by atoms with Crippen molar-refractivity contribution in [2.24, 2.45) is 11.7 Å². The standard InChI is InChI=1S/C15H19N5O/c1-11-3-2-6-19(8-11)13-5-4-12(15(16)21)7-14(13)20-9-17-18-10-20/h4-5,7,9-11H,2-3,6,8H2,1H3,(H2,16,21)/t11-/m0/s1. The van der Waals surface area contributed by atoms with Crippen molar-refractivity contribution in [2.45, 2.75) is 19.8 Å². The van der Waals surface area contributed by atoms with Crippen LogP contribution in [0.1, 0.15) is 30.1 Å². The summed E-state index contributed by atoms with van der Waals surface area (Å²) < 4.78 is 1.82. The summed E-state index contributed by atoms with van der Waals surface area (Å²) in [6.07, 6.45) is 5.71. The number of nitrogens with zero attached hydrogens (tertiary/aromatic N) is 4. The Morgan fingerprint density at radius 2 is 2.05 bits per heavy atom. The van der Waals surface area contributed by atoms with Crippen LogP contribution in [0.2, 0.25) is 0 Å². The molecule has 0 bridgehead atoms. The third kappa shape index (κ3) is 2.74. The lowest BCUT2D eigenvalue weighted by atomic mass is 9.99. The van der Waals surface area contributed by atoms with E-state index in [-0.39, 0.29) is 0 Å². The van der Waals surface area contributed by atoms with E-state index in [2.05, 4.69) is 22.0 Å². The first-order valence-electron chi connectivity index (χ1n) is 7.19. The van der Waals surface area contributed by atoms with E-state index in [0.29, 0.717) is 11.5 Å². The highest BCUT2D eigenvalue weighted by Gasteiger charge is 2.20. The lowest BCUT2D eigenvalue weighted by molar-refractivity contribution is 0.100. The van der Waals surface area contributed by atoms with Crippen LogP contribution in [-0.2, 0) is 0 Å². The van der Waals surface area contributed by atoms with Gasteiger partial charge in [0, 0.05) is 18.7 Å². The predicted octanol–water partition coefficient (Wildman–Crippen LogP) is 1.60. The van der Waals surface area contributed by atoms with Gasteiger partial charge in [0.15, 0.2) is 0 Å². The number of amides is 1. The maximum Gasteiger partial charge on any atom is 0.248 e. The number of piperidine rings is 1. The Morgan fingerprint density at radius 3 is 2.71 bits per heavy atom. The number of nitrogens with two attached hydrogens (primary N) is 1. The van der Waals surface area contributed by atoms with Crippen LogP contribution in [0.15, 0.2) is 30.9 Å². The highest BCUT2D eigenvalue weighted by Crippen LogP contribution is 2.29. The highest BCUT2D eigenvalue weighted by molar-refractivity contribution is 5.94. The number of aromatic nitrogens is 3. The van der Waals surface area contributed by atoms with E-state index in [1.165, 1.54) is 12.8 Å². The van der Waals surface area contributed by atoms with Gasteiger partial charge in [0.05, 0.1) is 11.4 Å². The molecular formula is C15H19N5O. The van der Waals surface area contributed by atoms with E-state index in [0.717, 1.165) is 24.5 Å². The summed E-state index contributed by atoms with van der Waals surface area (Å²) in [5.41, 5.74) is 7.87. The van der Waals surface area contributed by atoms with Crippen LogP contribution in [0.4, 0.5) is 5.69 Å². The van der Waals surface area contributed by atoms with Gasteiger partial charge in [-0.05, 0) is 37.0 Å². The van der Waals surface area contributed by atoms with Gasteiger partial charge >= 0.3 is 0 Å². The van der Waals surface area contributed by atoms with Crippen molar-refractivity contribution in [3.63, 3.8) is 0 Å². The molecule has 6 heteroatoms. The molecule has 0 radical (unpaired) electrons. The molecule has 1 aliphatic heterocycles. The average Bonchev–Trinajstić information content (AvgIpc) is 3.00. The molecule has 1 saturated heterocycles. The molecule has 21 heavy (non-hydrogen) atoms. The minimum absolute atomic E-state index is 0.428. The van der Waals surface area contributed by atoms with E-state index in [4.69, 9.17) is 5.73 Å². The molecule has 1 aliphatic rings. The summed E-state index contributed by atoms with van der Waals surface area (Å²) in [7, 11) is 0. The van der Waals surface area contributed by atoms with Gasteiger partial charge in [-0.15, -0.1) is 10.2 Å². The third-order valence-electron chi connectivity index (χ3n) is 3.95. The molecule has 0 spiro atoms. The normalized spacial score (nSPS) is 18.7. The smallest absolute Gasteiger partial charge is 0.248 e. The number of primary amides is 1. The average molecular weight is 285 g/mol. The number of hydrogen-bond donors (Lipinski definition) is 1. The minimum Gasteiger partial charge on any atom is -0.370 e. The molecule has 0 saturated carbocycles. The second kappa shape index (κ2) is 5.55. The maximum absolute atomic E-state index is 11.4. The molecule has 110 valence electrons. The Morgan fingerprint density at radius 1 is 1.29 bits per heavy atom. The fraction of sp³-hybridized carbons (Fsp3) is 0.400. The maximum atomic E-state index is 11.4. The van der Waals surface area contributed by atoms with Crippen molar-refractivity contribution in [3.05, 3.63) is 36.4 Å². The molecule has 1 aromatic carbocycles. The first kappa shape index (κ1) is 13.6. The lowest BCUT2D eigenvalue weighted by Crippen LogP contribution is -2.35. The molecular weight excluding hydrogens is 266 g/mol. The molecule has 1 fully saturated rings. The number of hydrogen-bond acceptors (Lipinski definition) is 4. The first-order valence-corrected chi connectivity index (χ1v) is 7.19. The zero-order chi connectivity index (χ0) is 14.8. The molecule has 1 aromatic heterocycles. The second-order valence-electron chi connectivity index (χ2n) is 5.63. The molecule has 6 nitrogen and oxygen atoms in total. The van der Waals surface area contributed by atoms with Gasteiger partial charge in [-0.25, -0.2) is 0 Å². The molecule has 2 heterocycles. The van der Waals surface area contributed by atoms with E-state index >= 15 is 0 Å². The van der Waals surface area contributed by atoms with Crippen molar-refractivity contribution >= 4 is 11.6 Å². The Bertz CT molecular complexity index is 638. The van der Waals surface area contributed by atoms with Gasteiger partial charge in [-0.2, -0.15) is 0 Å².